The average molecular weight is 354 g/mol. The molecule has 1 aliphatic rings. The van der Waals surface area contributed by atoms with Gasteiger partial charge in [0.25, 0.3) is 5.91 Å². The van der Waals surface area contributed by atoms with E-state index < -0.39 is 6.04 Å². The number of nitrogens with zero attached hydrogens (tertiary/aromatic N) is 2. The van der Waals surface area contributed by atoms with Crippen LogP contribution in [0.15, 0.2) is 24.3 Å². The van der Waals surface area contributed by atoms with Crippen molar-refractivity contribution in [2.45, 2.75) is 26.3 Å². The van der Waals surface area contributed by atoms with Gasteiger partial charge < -0.3 is 15.5 Å². The van der Waals surface area contributed by atoms with Gasteiger partial charge in [-0.1, -0.05) is 18.2 Å². The van der Waals surface area contributed by atoms with Crippen LogP contribution >= 0.6 is 0 Å². The van der Waals surface area contributed by atoms with Crippen molar-refractivity contribution >= 4 is 28.6 Å². The van der Waals surface area contributed by atoms with Gasteiger partial charge in [-0.3, -0.25) is 19.4 Å². The first-order valence-electron chi connectivity index (χ1n) is 8.58. The number of benzene rings is 1. The van der Waals surface area contributed by atoms with E-state index in [1.807, 2.05) is 32.0 Å². The predicted molar refractivity (Wildman–Crippen MR) is 97.7 cm³/mol. The SMILES string of the molecule is CNC(=O)C[C@H]1C(=O)NCCN1C(=O)c1cc(C)nc2c(C)cccc12. The van der Waals surface area contributed by atoms with E-state index >= 15 is 0 Å². The molecule has 3 amide bonds. The van der Waals surface area contributed by atoms with Crippen LogP contribution in [0, 0.1) is 13.8 Å². The van der Waals surface area contributed by atoms with Gasteiger partial charge in [0.05, 0.1) is 17.5 Å². The molecule has 0 aliphatic carbocycles. The second-order valence-corrected chi connectivity index (χ2v) is 6.46. The Hall–Kier alpha value is -2.96. The highest BCUT2D eigenvalue weighted by atomic mass is 16.2. The summed E-state index contributed by atoms with van der Waals surface area (Å²) in [4.78, 5) is 43.4. The normalized spacial score (nSPS) is 17.1. The monoisotopic (exact) mass is 354 g/mol. The van der Waals surface area contributed by atoms with Crippen LogP contribution in [0.4, 0.5) is 0 Å². The number of aromatic nitrogens is 1. The molecule has 1 saturated heterocycles. The van der Waals surface area contributed by atoms with Gasteiger partial charge in [0.1, 0.15) is 6.04 Å². The van der Waals surface area contributed by atoms with Crippen LogP contribution in [0.2, 0.25) is 0 Å². The van der Waals surface area contributed by atoms with E-state index in [2.05, 4.69) is 15.6 Å². The zero-order chi connectivity index (χ0) is 18.8. The molecule has 1 aromatic heterocycles. The molecule has 0 bridgehead atoms. The molecule has 1 aliphatic heterocycles. The third-order valence-corrected chi connectivity index (χ3v) is 4.65. The number of fused-ring (bicyclic) bond motifs is 1. The highest BCUT2D eigenvalue weighted by molar-refractivity contribution is 6.08. The van der Waals surface area contributed by atoms with Crippen molar-refractivity contribution in [2.75, 3.05) is 20.1 Å². The van der Waals surface area contributed by atoms with Gasteiger partial charge in [0, 0.05) is 31.2 Å². The number of piperazine rings is 1. The number of carbonyl (C=O) groups is 3. The van der Waals surface area contributed by atoms with Gasteiger partial charge >= 0.3 is 0 Å². The third kappa shape index (κ3) is 3.24. The molecule has 1 fully saturated rings. The maximum absolute atomic E-state index is 13.3. The van der Waals surface area contributed by atoms with E-state index in [0.717, 1.165) is 22.2 Å². The van der Waals surface area contributed by atoms with Crippen LogP contribution < -0.4 is 10.6 Å². The summed E-state index contributed by atoms with van der Waals surface area (Å²) < 4.78 is 0. The molecular weight excluding hydrogens is 332 g/mol. The molecule has 7 nitrogen and oxygen atoms in total. The smallest absolute Gasteiger partial charge is 0.255 e. The highest BCUT2D eigenvalue weighted by Gasteiger charge is 2.35. The van der Waals surface area contributed by atoms with E-state index in [1.165, 1.54) is 11.9 Å². The minimum absolute atomic E-state index is 0.0604. The molecule has 0 unspecified atom stereocenters. The number of carbonyl (C=O) groups excluding carboxylic acids is 3. The van der Waals surface area contributed by atoms with E-state index in [-0.39, 0.29) is 24.1 Å². The van der Waals surface area contributed by atoms with Gasteiger partial charge in [-0.05, 0) is 25.5 Å². The molecule has 136 valence electrons. The Balaban J connectivity index is 2.04. The fourth-order valence-electron chi connectivity index (χ4n) is 3.29. The Labute approximate surface area is 151 Å². The molecule has 1 aromatic carbocycles. The summed E-state index contributed by atoms with van der Waals surface area (Å²) in [5.74, 6) is -0.842. The van der Waals surface area contributed by atoms with Gasteiger partial charge in [-0.15, -0.1) is 0 Å². The Morgan fingerprint density at radius 3 is 2.85 bits per heavy atom. The third-order valence-electron chi connectivity index (χ3n) is 4.65. The number of pyridine rings is 1. The van der Waals surface area contributed by atoms with Crippen LogP contribution in [0.25, 0.3) is 10.9 Å². The first kappa shape index (κ1) is 17.8. The van der Waals surface area contributed by atoms with Crippen molar-refractivity contribution in [3.8, 4) is 0 Å². The summed E-state index contributed by atoms with van der Waals surface area (Å²) in [7, 11) is 1.51. The lowest BCUT2D eigenvalue weighted by atomic mass is 10.0. The van der Waals surface area contributed by atoms with Gasteiger partial charge in [0.15, 0.2) is 0 Å². The standard InChI is InChI=1S/C19H22N4O3/c1-11-5-4-6-13-14(9-12(2)22-17(11)13)19(26)23-8-7-21-18(25)15(23)10-16(24)20-3/h4-6,9,15H,7-8,10H2,1-3H3,(H,20,24)(H,21,25)/t15-/m0/s1. The van der Waals surface area contributed by atoms with Crippen LogP contribution in [0.1, 0.15) is 28.0 Å². The Morgan fingerprint density at radius 2 is 2.12 bits per heavy atom. The van der Waals surface area contributed by atoms with Crippen LogP contribution in [-0.2, 0) is 9.59 Å². The lowest BCUT2D eigenvalue weighted by Gasteiger charge is -2.35. The minimum Gasteiger partial charge on any atom is -0.359 e. The van der Waals surface area contributed by atoms with Crippen molar-refractivity contribution < 1.29 is 14.4 Å². The quantitative estimate of drug-likeness (QED) is 0.858. The molecule has 0 saturated carbocycles. The van der Waals surface area contributed by atoms with E-state index in [4.69, 9.17) is 0 Å². The van der Waals surface area contributed by atoms with Crippen molar-refractivity contribution in [1.29, 1.82) is 0 Å². The summed E-state index contributed by atoms with van der Waals surface area (Å²) in [5.41, 5.74) is 3.01. The maximum atomic E-state index is 13.3. The summed E-state index contributed by atoms with van der Waals surface area (Å²) in [6.07, 6.45) is -0.0604. The molecule has 1 atom stereocenters. The Bertz CT molecular complexity index is 894. The molecule has 2 aromatic rings. The van der Waals surface area contributed by atoms with Gasteiger partial charge in [-0.25, -0.2) is 0 Å². The molecule has 0 spiro atoms. The molecule has 2 N–H and O–H groups in total. The van der Waals surface area contributed by atoms with Crippen LogP contribution in [0.5, 0.6) is 0 Å². The lowest BCUT2D eigenvalue weighted by Crippen LogP contribution is -2.58. The Morgan fingerprint density at radius 1 is 1.35 bits per heavy atom. The van der Waals surface area contributed by atoms with E-state index in [1.54, 1.807) is 6.07 Å². The molecule has 3 rings (SSSR count). The fourth-order valence-corrected chi connectivity index (χ4v) is 3.29. The summed E-state index contributed by atoms with van der Waals surface area (Å²) in [6.45, 7) is 4.52. The summed E-state index contributed by atoms with van der Waals surface area (Å²) >= 11 is 0. The largest absolute Gasteiger partial charge is 0.359 e. The fraction of sp³-hybridized carbons (Fsp3) is 0.368. The number of rotatable bonds is 3. The topological polar surface area (TPSA) is 91.4 Å². The van der Waals surface area contributed by atoms with Crippen molar-refractivity contribution in [3.05, 3.63) is 41.1 Å². The number of nitrogens with one attached hydrogen (secondary N) is 2. The van der Waals surface area contributed by atoms with Crippen molar-refractivity contribution in [3.63, 3.8) is 0 Å². The number of hydrogen-bond acceptors (Lipinski definition) is 4. The van der Waals surface area contributed by atoms with Gasteiger partial charge in [-0.2, -0.15) is 0 Å². The van der Waals surface area contributed by atoms with E-state index in [0.29, 0.717) is 18.7 Å². The predicted octanol–water partition coefficient (Wildman–Crippen LogP) is 0.928. The lowest BCUT2D eigenvalue weighted by molar-refractivity contribution is -0.132. The zero-order valence-corrected chi connectivity index (χ0v) is 15.1. The first-order valence-corrected chi connectivity index (χ1v) is 8.58. The zero-order valence-electron chi connectivity index (χ0n) is 15.1. The van der Waals surface area contributed by atoms with Crippen molar-refractivity contribution in [2.24, 2.45) is 0 Å². The van der Waals surface area contributed by atoms with Crippen LogP contribution in [-0.4, -0.2) is 53.8 Å². The van der Waals surface area contributed by atoms with E-state index in [9.17, 15) is 14.4 Å². The maximum Gasteiger partial charge on any atom is 0.255 e. The van der Waals surface area contributed by atoms with Crippen molar-refractivity contribution in [1.82, 2.24) is 20.5 Å². The average Bonchev–Trinajstić information content (AvgIpc) is 2.63. The first-order chi connectivity index (χ1) is 12.4. The molecule has 2 heterocycles. The highest BCUT2D eigenvalue weighted by Crippen LogP contribution is 2.24. The number of amides is 3. The molecule has 7 heteroatoms. The Kier molecular flexibility index (Phi) is 4.88. The van der Waals surface area contributed by atoms with Gasteiger partial charge in [0.2, 0.25) is 11.8 Å². The number of para-hydroxylation sites is 1. The number of hydrogen-bond donors (Lipinski definition) is 2. The second-order valence-electron chi connectivity index (χ2n) is 6.46. The summed E-state index contributed by atoms with van der Waals surface area (Å²) in [5, 5.41) is 6.00. The molecule has 0 radical (unpaired) electrons. The van der Waals surface area contributed by atoms with Crippen LogP contribution in [0.3, 0.4) is 0 Å². The summed E-state index contributed by atoms with van der Waals surface area (Å²) in [6, 6.07) is 6.62. The molecular formula is C19H22N4O3. The number of aryl methyl sites for hydroxylation is 2. The minimum atomic E-state index is -0.815. The second kappa shape index (κ2) is 7.11. The molecule has 26 heavy (non-hydrogen) atoms.